The molecule has 2 N–H and O–H groups in total. The molecule has 0 aromatic carbocycles. The lowest BCUT2D eigenvalue weighted by atomic mass is 10.3. The Kier molecular flexibility index (Phi) is 5.25. The Morgan fingerprint density at radius 3 is 2.88 bits per heavy atom. The maximum Gasteiger partial charge on any atom is 0.191 e. The third-order valence-electron chi connectivity index (χ3n) is 2.48. The van der Waals surface area contributed by atoms with Crippen LogP contribution in [0.15, 0.2) is 10.5 Å². The molecule has 0 fully saturated rings. The van der Waals surface area contributed by atoms with Crippen molar-refractivity contribution in [2.24, 2.45) is 4.99 Å². The number of rotatable bonds is 4. The van der Waals surface area contributed by atoms with Crippen LogP contribution in [0.1, 0.15) is 30.8 Å². The lowest BCUT2D eigenvalue weighted by Crippen LogP contribution is -2.41. The average Bonchev–Trinajstić information content (AvgIpc) is 2.69. The number of nitrogens with zero attached hydrogens (tertiary/aromatic N) is 2. The molecule has 1 aromatic rings. The molecule has 1 unspecified atom stereocenters. The van der Waals surface area contributed by atoms with Crippen LogP contribution in [0.2, 0.25) is 0 Å². The Morgan fingerprint density at radius 2 is 2.38 bits per heavy atom. The topological polar surface area (TPSA) is 49.3 Å². The van der Waals surface area contributed by atoms with Crippen LogP contribution in [0.4, 0.5) is 0 Å². The Labute approximate surface area is 101 Å². The Balaban J connectivity index is 2.44. The average molecular weight is 240 g/mol. The van der Waals surface area contributed by atoms with Crippen molar-refractivity contribution >= 4 is 17.3 Å². The zero-order chi connectivity index (χ0) is 12.0. The molecule has 0 aliphatic heterocycles. The number of aromatic nitrogens is 1. The lowest BCUT2D eigenvalue weighted by Gasteiger charge is -2.16. The summed E-state index contributed by atoms with van der Waals surface area (Å²) in [5.74, 6) is 0.849. The Bertz CT molecular complexity index is 346. The van der Waals surface area contributed by atoms with E-state index in [4.69, 9.17) is 0 Å². The van der Waals surface area contributed by atoms with Crippen molar-refractivity contribution in [1.29, 1.82) is 0 Å². The van der Waals surface area contributed by atoms with Crippen molar-refractivity contribution in [2.45, 2.75) is 39.8 Å². The zero-order valence-electron chi connectivity index (χ0n) is 10.4. The Hall–Kier alpha value is -1.10. The van der Waals surface area contributed by atoms with Crippen LogP contribution in [0.5, 0.6) is 0 Å². The molecule has 0 saturated heterocycles. The summed E-state index contributed by atoms with van der Waals surface area (Å²) in [6.45, 7) is 7.11. The minimum atomic E-state index is 0.439. The molecule has 0 saturated carbocycles. The van der Waals surface area contributed by atoms with E-state index in [9.17, 15) is 0 Å². The predicted molar refractivity (Wildman–Crippen MR) is 69.9 cm³/mol. The molecule has 0 bridgehead atoms. The van der Waals surface area contributed by atoms with Gasteiger partial charge in [0.2, 0.25) is 0 Å². The normalized spacial score (nSPS) is 13.6. The van der Waals surface area contributed by atoms with Gasteiger partial charge < -0.3 is 10.6 Å². The van der Waals surface area contributed by atoms with E-state index in [1.807, 2.05) is 12.4 Å². The van der Waals surface area contributed by atoms with Crippen LogP contribution in [0, 0.1) is 6.92 Å². The maximum atomic E-state index is 4.22. The van der Waals surface area contributed by atoms with E-state index in [2.05, 4.69) is 34.5 Å². The summed E-state index contributed by atoms with van der Waals surface area (Å²) in [4.78, 5) is 9.66. The number of hydrogen-bond donors (Lipinski definition) is 2. The van der Waals surface area contributed by atoms with Gasteiger partial charge in [-0.3, -0.25) is 4.99 Å². The van der Waals surface area contributed by atoms with E-state index in [-0.39, 0.29) is 0 Å². The number of aryl methyl sites for hydroxylation is 1. The van der Waals surface area contributed by atoms with Crippen molar-refractivity contribution in [2.75, 3.05) is 7.05 Å². The van der Waals surface area contributed by atoms with Crippen molar-refractivity contribution in [1.82, 2.24) is 15.6 Å². The van der Waals surface area contributed by atoms with Gasteiger partial charge in [-0.25, -0.2) is 4.98 Å². The maximum absolute atomic E-state index is 4.22. The van der Waals surface area contributed by atoms with Gasteiger partial charge in [0, 0.05) is 18.0 Å². The number of thiazole rings is 1. The van der Waals surface area contributed by atoms with E-state index < -0.39 is 0 Å². The first-order chi connectivity index (χ1) is 7.67. The lowest BCUT2D eigenvalue weighted by molar-refractivity contribution is 0.624. The summed E-state index contributed by atoms with van der Waals surface area (Å²) in [6, 6.07) is 0.439. The number of aliphatic imine (C=N–C) groups is 1. The minimum absolute atomic E-state index is 0.439. The molecular weight excluding hydrogens is 220 g/mol. The fraction of sp³-hybridized carbons (Fsp3) is 0.636. The highest BCUT2D eigenvalue weighted by molar-refractivity contribution is 7.09. The highest BCUT2D eigenvalue weighted by Crippen LogP contribution is 2.10. The van der Waals surface area contributed by atoms with Gasteiger partial charge in [-0.05, 0) is 20.3 Å². The molecule has 1 atom stereocenters. The number of nitrogens with one attached hydrogen (secondary N) is 2. The minimum Gasteiger partial charge on any atom is -0.354 e. The summed E-state index contributed by atoms with van der Waals surface area (Å²) in [5, 5.41) is 6.61. The van der Waals surface area contributed by atoms with Crippen LogP contribution in [0.3, 0.4) is 0 Å². The van der Waals surface area contributed by atoms with E-state index in [1.54, 1.807) is 18.4 Å². The first-order valence-corrected chi connectivity index (χ1v) is 6.41. The smallest absolute Gasteiger partial charge is 0.191 e. The molecular formula is C11H20N4S. The van der Waals surface area contributed by atoms with Gasteiger partial charge in [-0.15, -0.1) is 11.3 Å². The second kappa shape index (κ2) is 6.48. The van der Waals surface area contributed by atoms with Gasteiger partial charge in [0.05, 0.1) is 17.7 Å². The molecule has 1 aromatic heterocycles. The molecule has 1 heterocycles. The summed E-state index contributed by atoms with van der Waals surface area (Å²) in [6.07, 6.45) is 1.08. The highest BCUT2D eigenvalue weighted by atomic mass is 32.1. The van der Waals surface area contributed by atoms with Crippen molar-refractivity contribution < 1.29 is 0 Å². The number of guanidine groups is 1. The van der Waals surface area contributed by atoms with Crippen molar-refractivity contribution in [3.05, 3.63) is 16.1 Å². The van der Waals surface area contributed by atoms with Gasteiger partial charge in [0.15, 0.2) is 5.96 Å². The second-order valence-corrected chi connectivity index (χ2v) is 4.68. The highest BCUT2D eigenvalue weighted by Gasteiger charge is 2.05. The van der Waals surface area contributed by atoms with Gasteiger partial charge in [0.25, 0.3) is 0 Å². The van der Waals surface area contributed by atoms with Crippen LogP contribution in [-0.2, 0) is 6.54 Å². The Morgan fingerprint density at radius 1 is 1.62 bits per heavy atom. The van der Waals surface area contributed by atoms with E-state index >= 15 is 0 Å². The second-order valence-electron chi connectivity index (χ2n) is 3.74. The molecule has 90 valence electrons. The van der Waals surface area contributed by atoms with Crippen LogP contribution in [-0.4, -0.2) is 24.0 Å². The zero-order valence-corrected chi connectivity index (χ0v) is 11.2. The van der Waals surface area contributed by atoms with E-state index in [1.165, 1.54) is 4.88 Å². The SMILES string of the molecule is CCC(C)NC(=NC)NCc1scnc1C. The summed E-state index contributed by atoms with van der Waals surface area (Å²) in [5.41, 5.74) is 2.97. The summed E-state index contributed by atoms with van der Waals surface area (Å²) < 4.78 is 0. The van der Waals surface area contributed by atoms with Crippen molar-refractivity contribution in [3.63, 3.8) is 0 Å². The van der Waals surface area contributed by atoms with Gasteiger partial charge in [0.1, 0.15) is 0 Å². The standard InChI is InChI=1S/C11H20N4S/c1-5-8(2)15-11(12-4)13-6-10-9(3)14-7-16-10/h7-8H,5-6H2,1-4H3,(H2,12,13,15). The van der Waals surface area contributed by atoms with Crippen LogP contribution in [0.25, 0.3) is 0 Å². The molecule has 0 amide bonds. The molecule has 5 heteroatoms. The molecule has 0 aliphatic rings. The summed E-state index contributed by atoms with van der Waals surface area (Å²) >= 11 is 1.67. The fourth-order valence-corrected chi connectivity index (χ4v) is 1.91. The molecule has 16 heavy (non-hydrogen) atoms. The molecule has 4 nitrogen and oxygen atoms in total. The quantitative estimate of drug-likeness (QED) is 0.624. The molecule has 0 spiro atoms. The first-order valence-electron chi connectivity index (χ1n) is 5.53. The third kappa shape index (κ3) is 3.81. The summed E-state index contributed by atoms with van der Waals surface area (Å²) in [7, 11) is 1.79. The monoisotopic (exact) mass is 240 g/mol. The van der Waals surface area contributed by atoms with Gasteiger partial charge >= 0.3 is 0 Å². The van der Waals surface area contributed by atoms with Crippen LogP contribution >= 0.6 is 11.3 Å². The molecule has 0 aliphatic carbocycles. The van der Waals surface area contributed by atoms with Crippen molar-refractivity contribution in [3.8, 4) is 0 Å². The third-order valence-corrected chi connectivity index (χ3v) is 3.42. The number of hydrogen-bond acceptors (Lipinski definition) is 3. The van der Waals surface area contributed by atoms with Gasteiger partial charge in [-0.1, -0.05) is 6.92 Å². The largest absolute Gasteiger partial charge is 0.354 e. The fourth-order valence-electron chi connectivity index (χ4n) is 1.19. The first kappa shape index (κ1) is 13.0. The molecule has 0 radical (unpaired) electrons. The predicted octanol–water partition coefficient (Wildman–Crippen LogP) is 1.92. The van der Waals surface area contributed by atoms with Crippen LogP contribution < -0.4 is 10.6 Å². The van der Waals surface area contributed by atoms with Gasteiger partial charge in [-0.2, -0.15) is 0 Å². The van der Waals surface area contributed by atoms with E-state index in [0.29, 0.717) is 6.04 Å². The molecule has 1 rings (SSSR count). The van der Waals surface area contributed by atoms with E-state index in [0.717, 1.165) is 24.6 Å².